The van der Waals surface area contributed by atoms with Gasteiger partial charge in [-0.05, 0) is 90.3 Å². The molecule has 0 amide bonds. The highest BCUT2D eigenvalue weighted by molar-refractivity contribution is 6.21. The van der Waals surface area contributed by atoms with E-state index >= 15 is 0 Å². The number of fused-ring (bicyclic) bond motifs is 3. The maximum atomic E-state index is 5.20. The molecular formula is C51H34N2. The number of rotatable bonds is 6. The Kier molecular flexibility index (Phi) is 7.51. The van der Waals surface area contributed by atoms with Gasteiger partial charge in [0.05, 0.1) is 11.0 Å². The first-order valence-electron chi connectivity index (χ1n) is 18.1. The maximum Gasteiger partial charge on any atom is 0.145 e. The maximum absolute atomic E-state index is 5.20. The molecule has 0 spiro atoms. The smallest absolute Gasteiger partial charge is 0.145 e. The molecule has 0 aliphatic heterocycles. The van der Waals surface area contributed by atoms with E-state index in [4.69, 9.17) is 4.98 Å². The lowest BCUT2D eigenvalue weighted by Crippen LogP contribution is -1.98. The molecule has 0 fully saturated rings. The average molecular weight is 675 g/mol. The monoisotopic (exact) mass is 674 g/mol. The predicted molar refractivity (Wildman–Crippen MR) is 223 cm³/mol. The lowest BCUT2D eigenvalue weighted by molar-refractivity contribution is 1.10. The Morgan fingerprint density at radius 1 is 0.302 bits per heavy atom. The van der Waals surface area contributed by atoms with Crippen molar-refractivity contribution in [1.82, 2.24) is 9.55 Å². The summed E-state index contributed by atoms with van der Waals surface area (Å²) < 4.78 is 2.31. The van der Waals surface area contributed by atoms with Crippen LogP contribution in [0.3, 0.4) is 0 Å². The number of imidazole rings is 1. The lowest BCUT2D eigenvalue weighted by atomic mass is 9.85. The quantitative estimate of drug-likeness (QED) is 0.161. The molecule has 10 rings (SSSR count). The standard InChI is InChI=1S/C51H34N2/c1-3-14-35(15-4-1)37-26-30-39(31-27-37)49-43-20-7-9-22-45(43)50(46-23-10-8-21-44(46)49)41-18-13-19-42(34-41)53-48-25-12-11-24-47(48)52-51(53)40-32-28-38(29-33-40)36-16-5-2-6-17-36/h1-34H. The van der Waals surface area contributed by atoms with E-state index in [0.29, 0.717) is 0 Å². The van der Waals surface area contributed by atoms with Gasteiger partial charge in [-0.3, -0.25) is 4.57 Å². The fraction of sp³-hybridized carbons (Fsp3) is 0. The Balaban J connectivity index is 1.14. The lowest BCUT2D eigenvalue weighted by Gasteiger charge is -2.19. The summed E-state index contributed by atoms with van der Waals surface area (Å²) in [5.74, 6) is 0.923. The minimum Gasteiger partial charge on any atom is -0.292 e. The molecule has 0 aliphatic rings. The zero-order chi connectivity index (χ0) is 35.1. The van der Waals surface area contributed by atoms with Gasteiger partial charge in [0.1, 0.15) is 5.82 Å². The summed E-state index contributed by atoms with van der Waals surface area (Å²) in [6.45, 7) is 0. The zero-order valence-electron chi connectivity index (χ0n) is 29.0. The van der Waals surface area contributed by atoms with Crippen molar-refractivity contribution in [1.29, 1.82) is 0 Å². The normalized spacial score (nSPS) is 11.4. The van der Waals surface area contributed by atoms with Crippen molar-refractivity contribution in [2.24, 2.45) is 0 Å². The molecule has 0 aliphatic carbocycles. The molecule has 1 heterocycles. The number of aromatic nitrogens is 2. The highest BCUT2D eigenvalue weighted by Crippen LogP contribution is 2.44. The first-order valence-corrected chi connectivity index (χ1v) is 18.1. The van der Waals surface area contributed by atoms with E-state index in [1.807, 2.05) is 0 Å². The third-order valence-electron chi connectivity index (χ3n) is 10.4. The van der Waals surface area contributed by atoms with Crippen molar-refractivity contribution in [2.45, 2.75) is 0 Å². The van der Waals surface area contributed by atoms with Crippen LogP contribution in [0.1, 0.15) is 0 Å². The largest absolute Gasteiger partial charge is 0.292 e. The Bertz CT molecular complexity index is 2850. The van der Waals surface area contributed by atoms with Crippen LogP contribution in [0, 0.1) is 0 Å². The molecule has 0 atom stereocenters. The Labute approximate surface area is 308 Å². The van der Waals surface area contributed by atoms with Gasteiger partial charge in [-0.25, -0.2) is 4.98 Å². The van der Waals surface area contributed by atoms with Gasteiger partial charge in [0.15, 0.2) is 0 Å². The fourth-order valence-corrected chi connectivity index (χ4v) is 7.93. The number of hydrogen-bond acceptors (Lipinski definition) is 1. The summed E-state index contributed by atoms with van der Waals surface area (Å²) in [5.41, 5.74) is 13.9. The van der Waals surface area contributed by atoms with Gasteiger partial charge in [0, 0.05) is 11.3 Å². The highest BCUT2D eigenvalue weighted by atomic mass is 15.1. The van der Waals surface area contributed by atoms with E-state index in [1.54, 1.807) is 0 Å². The van der Waals surface area contributed by atoms with Crippen LogP contribution in [0.5, 0.6) is 0 Å². The average Bonchev–Trinajstić information content (AvgIpc) is 3.63. The predicted octanol–water partition coefficient (Wildman–Crippen LogP) is 13.7. The molecule has 2 nitrogen and oxygen atoms in total. The van der Waals surface area contributed by atoms with Gasteiger partial charge in [-0.1, -0.05) is 182 Å². The second-order valence-corrected chi connectivity index (χ2v) is 13.5. The second kappa shape index (κ2) is 12.9. The number of hydrogen-bond donors (Lipinski definition) is 0. The van der Waals surface area contributed by atoms with E-state index in [1.165, 1.54) is 66.1 Å². The number of benzene rings is 9. The van der Waals surface area contributed by atoms with Crippen LogP contribution in [0.25, 0.3) is 94.2 Å². The van der Waals surface area contributed by atoms with Gasteiger partial charge >= 0.3 is 0 Å². The molecule has 9 aromatic carbocycles. The molecule has 0 saturated heterocycles. The van der Waals surface area contributed by atoms with Crippen molar-refractivity contribution in [2.75, 3.05) is 0 Å². The van der Waals surface area contributed by atoms with E-state index in [-0.39, 0.29) is 0 Å². The van der Waals surface area contributed by atoms with Crippen molar-refractivity contribution >= 4 is 32.6 Å². The summed E-state index contributed by atoms with van der Waals surface area (Å²) in [5, 5.41) is 4.95. The van der Waals surface area contributed by atoms with Gasteiger partial charge in [-0.2, -0.15) is 0 Å². The third kappa shape index (κ3) is 5.40. The minimum atomic E-state index is 0.923. The number of nitrogens with zero attached hydrogens (tertiary/aromatic N) is 2. The van der Waals surface area contributed by atoms with E-state index < -0.39 is 0 Å². The number of para-hydroxylation sites is 2. The molecule has 53 heavy (non-hydrogen) atoms. The van der Waals surface area contributed by atoms with E-state index in [0.717, 1.165) is 28.1 Å². The summed E-state index contributed by atoms with van der Waals surface area (Å²) in [7, 11) is 0. The first-order chi connectivity index (χ1) is 26.3. The van der Waals surface area contributed by atoms with Crippen molar-refractivity contribution in [3.05, 3.63) is 206 Å². The van der Waals surface area contributed by atoms with E-state index in [2.05, 4.69) is 211 Å². The molecule has 248 valence electrons. The SMILES string of the molecule is c1ccc(-c2ccc(-c3c4ccccc4c(-c4cccc(-n5c(-c6ccc(-c7ccccc7)cc6)nc6ccccc65)c4)c4ccccc34)cc2)cc1. The molecule has 2 heteroatoms. The first kappa shape index (κ1) is 30.8. The van der Waals surface area contributed by atoms with E-state index in [9.17, 15) is 0 Å². The van der Waals surface area contributed by atoms with Crippen molar-refractivity contribution < 1.29 is 0 Å². The van der Waals surface area contributed by atoms with Gasteiger partial charge in [0.2, 0.25) is 0 Å². The fourth-order valence-electron chi connectivity index (χ4n) is 7.93. The molecule has 0 radical (unpaired) electrons. The van der Waals surface area contributed by atoms with Crippen LogP contribution >= 0.6 is 0 Å². The van der Waals surface area contributed by atoms with Crippen LogP contribution in [0.2, 0.25) is 0 Å². The highest BCUT2D eigenvalue weighted by Gasteiger charge is 2.19. The summed E-state index contributed by atoms with van der Waals surface area (Å²) in [6.07, 6.45) is 0. The van der Waals surface area contributed by atoms with Crippen molar-refractivity contribution in [3.8, 4) is 61.6 Å². The van der Waals surface area contributed by atoms with Crippen molar-refractivity contribution in [3.63, 3.8) is 0 Å². The molecule has 0 unspecified atom stereocenters. The van der Waals surface area contributed by atoms with Crippen LogP contribution in [0.15, 0.2) is 206 Å². The summed E-state index contributed by atoms with van der Waals surface area (Å²) in [6, 6.07) is 74.0. The molecule has 1 aromatic heterocycles. The van der Waals surface area contributed by atoms with Gasteiger partial charge < -0.3 is 0 Å². The minimum absolute atomic E-state index is 0.923. The van der Waals surface area contributed by atoms with Gasteiger partial charge in [0.25, 0.3) is 0 Å². The summed E-state index contributed by atoms with van der Waals surface area (Å²) in [4.78, 5) is 5.20. The molecule has 0 bridgehead atoms. The molecule has 0 N–H and O–H groups in total. The van der Waals surface area contributed by atoms with Crippen LogP contribution in [-0.2, 0) is 0 Å². The van der Waals surface area contributed by atoms with Crippen LogP contribution in [0.4, 0.5) is 0 Å². The molecule has 0 saturated carbocycles. The molecular weight excluding hydrogens is 641 g/mol. The third-order valence-corrected chi connectivity index (χ3v) is 10.4. The Morgan fingerprint density at radius 3 is 1.28 bits per heavy atom. The summed E-state index contributed by atoms with van der Waals surface area (Å²) >= 11 is 0. The van der Waals surface area contributed by atoms with Crippen LogP contribution < -0.4 is 0 Å². The second-order valence-electron chi connectivity index (χ2n) is 13.5. The van der Waals surface area contributed by atoms with Crippen LogP contribution in [-0.4, -0.2) is 9.55 Å². The zero-order valence-corrected chi connectivity index (χ0v) is 29.0. The topological polar surface area (TPSA) is 17.8 Å². The Morgan fingerprint density at radius 2 is 0.717 bits per heavy atom. The Hall–Kier alpha value is -7.03. The molecule has 10 aromatic rings. The van der Waals surface area contributed by atoms with Gasteiger partial charge in [-0.15, -0.1) is 0 Å².